The minimum absolute atomic E-state index is 0.0176. The number of rotatable bonds is 7. The Hall–Kier alpha value is -3.22. The second-order valence-electron chi connectivity index (χ2n) is 7.11. The lowest BCUT2D eigenvalue weighted by molar-refractivity contribution is -0.138. The number of dihydropyridines is 1. The lowest BCUT2D eigenvalue weighted by Gasteiger charge is -2.34. The molecule has 1 unspecified atom stereocenters. The number of carbonyl (C=O) groups excluding carboxylic acids is 2. The molecule has 0 bridgehead atoms. The van der Waals surface area contributed by atoms with Crippen LogP contribution in [0.15, 0.2) is 47.3 Å². The standard InChI is InChI=1S/C23H27NO6/c1-6-10-30-23(26)19-13(2)24-15-8-7-9-16(25)21(15)20(19)14-11-17(27-3)22(29-5)18(12-14)28-4/h6,11-12,20,24H,1,7-10H2,2-5H3. The van der Waals surface area contributed by atoms with Gasteiger partial charge in [-0.25, -0.2) is 4.79 Å². The van der Waals surface area contributed by atoms with Crippen molar-refractivity contribution in [1.82, 2.24) is 5.32 Å². The average Bonchev–Trinajstić information content (AvgIpc) is 2.75. The van der Waals surface area contributed by atoms with Crippen molar-refractivity contribution in [2.75, 3.05) is 27.9 Å². The third kappa shape index (κ3) is 3.79. The molecule has 1 aromatic carbocycles. The summed E-state index contributed by atoms with van der Waals surface area (Å²) in [6, 6.07) is 3.55. The van der Waals surface area contributed by atoms with Crippen molar-refractivity contribution in [3.05, 3.63) is 52.9 Å². The normalized spacial score (nSPS) is 18.4. The van der Waals surface area contributed by atoms with Crippen molar-refractivity contribution in [2.45, 2.75) is 32.1 Å². The summed E-state index contributed by atoms with van der Waals surface area (Å²) in [6.07, 6.45) is 3.47. The molecule has 0 saturated heterocycles. The summed E-state index contributed by atoms with van der Waals surface area (Å²) >= 11 is 0. The van der Waals surface area contributed by atoms with Gasteiger partial charge in [0.25, 0.3) is 0 Å². The Labute approximate surface area is 176 Å². The van der Waals surface area contributed by atoms with Gasteiger partial charge in [-0.05, 0) is 37.5 Å². The molecule has 30 heavy (non-hydrogen) atoms. The van der Waals surface area contributed by atoms with E-state index in [2.05, 4.69) is 11.9 Å². The maximum atomic E-state index is 13.0. The first-order valence-corrected chi connectivity index (χ1v) is 9.78. The van der Waals surface area contributed by atoms with Gasteiger partial charge in [-0.1, -0.05) is 12.7 Å². The summed E-state index contributed by atoms with van der Waals surface area (Å²) in [5, 5.41) is 3.26. The Morgan fingerprint density at radius 2 is 1.83 bits per heavy atom. The predicted molar refractivity (Wildman–Crippen MR) is 112 cm³/mol. The molecule has 3 rings (SSSR count). The van der Waals surface area contributed by atoms with Crippen LogP contribution in [0.25, 0.3) is 0 Å². The largest absolute Gasteiger partial charge is 0.493 e. The molecule has 0 fully saturated rings. The molecule has 7 nitrogen and oxygen atoms in total. The first-order valence-electron chi connectivity index (χ1n) is 9.78. The van der Waals surface area contributed by atoms with Crippen LogP contribution in [0.5, 0.6) is 17.2 Å². The Balaban J connectivity index is 2.23. The van der Waals surface area contributed by atoms with Gasteiger partial charge in [0, 0.05) is 29.3 Å². The highest BCUT2D eigenvalue weighted by Crippen LogP contribution is 2.47. The first-order chi connectivity index (χ1) is 14.5. The number of ketones is 1. The highest BCUT2D eigenvalue weighted by molar-refractivity contribution is 6.03. The van der Waals surface area contributed by atoms with Crippen molar-refractivity contribution in [3.63, 3.8) is 0 Å². The number of esters is 1. The zero-order valence-corrected chi connectivity index (χ0v) is 17.8. The third-order valence-electron chi connectivity index (χ3n) is 5.35. The molecule has 0 saturated carbocycles. The highest BCUT2D eigenvalue weighted by atomic mass is 16.5. The smallest absolute Gasteiger partial charge is 0.337 e. The Bertz CT molecular complexity index is 918. The fourth-order valence-electron chi connectivity index (χ4n) is 4.07. The minimum atomic E-state index is -0.597. The van der Waals surface area contributed by atoms with Gasteiger partial charge in [0.2, 0.25) is 5.75 Å². The summed E-state index contributed by atoms with van der Waals surface area (Å²) in [5.41, 5.74) is 3.18. The van der Waals surface area contributed by atoms with E-state index in [1.165, 1.54) is 27.4 Å². The van der Waals surface area contributed by atoms with Gasteiger partial charge in [-0.15, -0.1) is 0 Å². The number of carbonyl (C=O) groups is 2. The number of allylic oxidation sites excluding steroid dienone is 3. The lowest BCUT2D eigenvalue weighted by Crippen LogP contribution is -2.34. The average molecular weight is 413 g/mol. The first kappa shape index (κ1) is 21.5. The molecule has 7 heteroatoms. The van der Waals surface area contributed by atoms with E-state index in [4.69, 9.17) is 18.9 Å². The number of Topliss-reactive ketones (excluding diaryl/α,β-unsaturated/α-hetero) is 1. The van der Waals surface area contributed by atoms with Crippen LogP contribution in [0.4, 0.5) is 0 Å². The number of methoxy groups -OCH3 is 3. The monoisotopic (exact) mass is 413 g/mol. The van der Waals surface area contributed by atoms with Gasteiger partial charge in [0.15, 0.2) is 17.3 Å². The predicted octanol–water partition coefficient (Wildman–Crippen LogP) is 3.41. The van der Waals surface area contributed by atoms with Crippen molar-refractivity contribution in [2.24, 2.45) is 0 Å². The molecule has 2 aliphatic rings. The maximum Gasteiger partial charge on any atom is 0.337 e. The quantitative estimate of drug-likeness (QED) is 0.542. The zero-order valence-electron chi connectivity index (χ0n) is 17.8. The van der Waals surface area contributed by atoms with Crippen LogP contribution in [-0.2, 0) is 14.3 Å². The summed E-state index contributed by atoms with van der Waals surface area (Å²) in [6.45, 7) is 5.50. The van der Waals surface area contributed by atoms with Crippen LogP contribution in [-0.4, -0.2) is 39.7 Å². The van der Waals surface area contributed by atoms with E-state index in [-0.39, 0.29) is 12.4 Å². The van der Waals surface area contributed by atoms with Crippen LogP contribution in [0.2, 0.25) is 0 Å². The fourth-order valence-corrected chi connectivity index (χ4v) is 4.07. The highest BCUT2D eigenvalue weighted by Gasteiger charge is 2.39. The van der Waals surface area contributed by atoms with Gasteiger partial charge >= 0.3 is 5.97 Å². The second-order valence-corrected chi connectivity index (χ2v) is 7.11. The number of nitrogens with one attached hydrogen (secondary N) is 1. The molecular weight excluding hydrogens is 386 g/mol. The fraction of sp³-hybridized carbons (Fsp3) is 0.391. The maximum absolute atomic E-state index is 13.0. The van der Waals surface area contributed by atoms with Crippen LogP contribution in [0, 0.1) is 0 Å². The molecule has 0 spiro atoms. The third-order valence-corrected chi connectivity index (χ3v) is 5.35. The molecule has 0 radical (unpaired) electrons. The Morgan fingerprint density at radius 1 is 1.17 bits per heavy atom. The van der Waals surface area contributed by atoms with Gasteiger partial charge in [-0.3, -0.25) is 4.79 Å². The molecule has 1 atom stereocenters. The van der Waals surface area contributed by atoms with Crippen LogP contribution >= 0.6 is 0 Å². The van der Waals surface area contributed by atoms with Gasteiger partial charge < -0.3 is 24.3 Å². The topological polar surface area (TPSA) is 83.1 Å². The van der Waals surface area contributed by atoms with Gasteiger partial charge in [0.1, 0.15) is 6.61 Å². The van der Waals surface area contributed by atoms with Crippen LogP contribution < -0.4 is 19.5 Å². The van der Waals surface area contributed by atoms with E-state index in [0.717, 1.165) is 18.5 Å². The number of ether oxygens (including phenoxy) is 4. The number of hydrogen-bond acceptors (Lipinski definition) is 7. The van der Waals surface area contributed by atoms with E-state index < -0.39 is 11.9 Å². The number of benzene rings is 1. The molecule has 1 aliphatic heterocycles. The van der Waals surface area contributed by atoms with Crippen LogP contribution in [0.3, 0.4) is 0 Å². The van der Waals surface area contributed by atoms with Crippen molar-refractivity contribution < 1.29 is 28.5 Å². The minimum Gasteiger partial charge on any atom is -0.493 e. The second kappa shape index (κ2) is 9.07. The van der Waals surface area contributed by atoms with Crippen molar-refractivity contribution in [1.29, 1.82) is 0 Å². The zero-order chi connectivity index (χ0) is 21.8. The van der Waals surface area contributed by atoms with E-state index in [9.17, 15) is 9.59 Å². The molecular formula is C23H27NO6. The van der Waals surface area contributed by atoms with Gasteiger partial charge in [0.05, 0.1) is 26.9 Å². The van der Waals surface area contributed by atoms with E-state index in [0.29, 0.717) is 46.1 Å². The SMILES string of the molecule is C=CCOC(=O)C1=C(C)NC2=C(C(=O)CCC2)C1c1cc(OC)c(OC)c(OC)c1. The summed E-state index contributed by atoms with van der Waals surface area (Å²) in [7, 11) is 4.58. The van der Waals surface area contributed by atoms with E-state index in [1.807, 2.05) is 6.92 Å². The molecule has 0 amide bonds. The van der Waals surface area contributed by atoms with Gasteiger partial charge in [-0.2, -0.15) is 0 Å². The summed E-state index contributed by atoms with van der Waals surface area (Å²) in [5.74, 6) is 0.269. The summed E-state index contributed by atoms with van der Waals surface area (Å²) < 4.78 is 21.8. The Kier molecular flexibility index (Phi) is 6.50. The van der Waals surface area contributed by atoms with E-state index >= 15 is 0 Å². The molecule has 1 aliphatic carbocycles. The van der Waals surface area contributed by atoms with Crippen molar-refractivity contribution in [3.8, 4) is 17.2 Å². The van der Waals surface area contributed by atoms with E-state index in [1.54, 1.807) is 12.1 Å². The molecule has 1 heterocycles. The molecule has 160 valence electrons. The van der Waals surface area contributed by atoms with Crippen LogP contribution in [0.1, 0.15) is 37.7 Å². The molecule has 0 aromatic heterocycles. The Morgan fingerprint density at radius 3 is 2.40 bits per heavy atom. The molecule has 1 aromatic rings. The molecule has 1 N–H and O–H groups in total. The lowest BCUT2D eigenvalue weighted by atomic mass is 9.75. The number of hydrogen-bond donors (Lipinski definition) is 1. The van der Waals surface area contributed by atoms with Crippen molar-refractivity contribution >= 4 is 11.8 Å². The summed E-state index contributed by atoms with van der Waals surface area (Å²) in [4.78, 5) is 25.9.